The summed E-state index contributed by atoms with van der Waals surface area (Å²) in [5, 5.41) is 12.0. The minimum absolute atomic E-state index is 0.122. The summed E-state index contributed by atoms with van der Waals surface area (Å²) >= 11 is 3.22. The van der Waals surface area contributed by atoms with E-state index < -0.39 is 18.1 Å². The zero-order chi connectivity index (χ0) is 14.1. The summed E-state index contributed by atoms with van der Waals surface area (Å²) in [4.78, 5) is 22.4. The van der Waals surface area contributed by atoms with Gasteiger partial charge in [0.25, 0.3) is 0 Å². The molecule has 0 saturated carbocycles. The van der Waals surface area contributed by atoms with E-state index in [1.165, 1.54) is 0 Å². The molecule has 0 aliphatic carbocycles. The highest BCUT2D eigenvalue weighted by atomic mass is 79.9. The van der Waals surface area contributed by atoms with Gasteiger partial charge < -0.3 is 15.2 Å². The lowest BCUT2D eigenvalue weighted by molar-refractivity contribution is -0.139. The number of hydrogen-bond donors (Lipinski definition) is 2. The molecular weight excluding hydrogens is 314 g/mol. The maximum atomic E-state index is 11.5. The molecule has 0 aliphatic heterocycles. The van der Waals surface area contributed by atoms with Gasteiger partial charge in [-0.25, -0.2) is 9.59 Å². The van der Waals surface area contributed by atoms with Gasteiger partial charge in [0.05, 0.1) is 0 Å². The lowest BCUT2D eigenvalue weighted by Crippen LogP contribution is -2.41. The van der Waals surface area contributed by atoms with Crippen molar-refractivity contribution in [2.45, 2.75) is 25.5 Å². The van der Waals surface area contributed by atoms with Gasteiger partial charge in [-0.1, -0.05) is 46.3 Å². The van der Waals surface area contributed by atoms with Crippen molar-refractivity contribution in [3.05, 3.63) is 35.9 Å². The normalized spacial score (nSPS) is 11.6. The van der Waals surface area contributed by atoms with Crippen molar-refractivity contribution in [2.24, 2.45) is 0 Å². The Bertz CT molecular complexity index is 410. The van der Waals surface area contributed by atoms with E-state index in [9.17, 15) is 9.59 Å². The molecule has 1 amide bonds. The SMILES string of the molecule is O=C(NC(CCCBr)C(=O)O)OCc1ccccc1. The van der Waals surface area contributed by atoms with Crippen LogP contribution in [-0.2, 0) is 16.1 Å². The predicted molar refractivity (Wildman–Crippen MR) is 74.2 cm³/mol. The first-order valence-corrected chi connectivity index (χ1v) is 7.01. The van der Waals surface area contributed by atoms with Crippen molar-refractivity contribution in [1.29, 1.82) is 0 Å². The third-order valence-corrected chi connectivity index (χ3v) is 2.99. The van der Waals surface area contributed by atoms with Crippen LogP contribution in [0.4, 0.5) is 4.79 Å². The van der Waals surface area contributed by atoms with Gasteiger partial charge in [-0.3, -0.25) is 0 Å². The molecule has 104 valence electrons. The van der Waals surface area contributed by atoms with E-state index in [0.29, 0.717) is 18.2 Å². The van der Waals surface area contributed by atoms with Crippen LogP contribution in [0.2, 0.25) is 0 Å². The molecule has 1 atom stereocenters. The first kappa shape index (κ1) is 15.5. The maximum Gasteiger partial charge on any atom is 0.408 e. The Balaban J connectivity index is 2.38. The van der Waals surface area contributed by atoms with E-state index in [-0.39, 0.29) is 6.61 Å². The number of ether oxygens (including phenoxy) is 1. The lowest BCUT2D eigenvalue weighted by Gasteiger charge is -2.13. The summed E-state index contributed by atoms with van der Waals surface area (Å²) in [6.45, 7) is 0.122. The molecule has 0 aromatic heterocycles. The molecular formula is C13H16BrNO4. The van der Waals surface area contributed by atoms with Gasteiger partial charge in [-0.15, -0.1) is 0 Å². The fraction of sp³-hybridized carbons (Fsp3) is 0.385. The number of carbonyl (C=O) groups is 2. The van der Waals surface area contributed by atoms with E-state index in [0.717, 1.165) is 5.56 Å². The van der Waals surface area contributed by atoms with Crippen molar-refractivity contribution in [2.75, 3.05) is 5.33 Å². The molecule has 0 aliphatic rings. The fourth-order valence-corrected chi connectivity index (χ4v) is 1.77. The van der Waals surface area contributed by atoms with Gasteiger partial charge in [0, 0.05) is 5.33 Å². The third-order valence-electron chi connectivity index (χ3n) is 2.43. The smallest absolute Gasteiger partial charge is 0.408 e. The first-order chi connectivity index (χ1) is 9.13. The number of carboxylic acids is 1. The van der Waals surface area contributed by atoms with E-state index >= 15 is 0 Å². The number of benzene rings is 1. The molecule has 6 heteroatoms. The standard InChI is InChI=1S/C13H16BrNO4/c14-8-4-7-11(12(16)17)15-13(18)19-9-10-5-2-1-3-6-10/h1-3,5-6,11H,4,7-9H2,(H,15,18)(H,16,17). The Morgan fingerprint density at radius 3 is 2.58 bits per heavy atom. The van der Waals surface area contributed by atoms with Gasteiger partial charge in [-0.2, -0.15) is 0 Å². The molecule has 1 aromatic carbocycles. The zero-order valence-corrected chi connectivity index (χ0v) is 11.9. The monoisotopic (exact) mass is 329 g/mol. The van der Waals surface area contributed by atoms with Crippen LogP contribution in [0, 0.1) is 0 Å². The van der Waals surface area contributed by atoms with Crippen molar-refractivity contribution in [3.8, 4) is 0 Å². The molecule has 19 heavy (non-hydrogen) atoms. The van der Waals surface area contributed by atoms with Gasteiger partial charge in [-0.05, 0) is 18.4 Å². The highest BCUT2D eigenvalue weighted by Gasteiger charge is 2.19. The number of carbonyl (C=O) groups excluding carboxylic acids is 1. The number of hydrogen-bond acceptors (Lipinski definition) is 3. The second-order valence-electron chi connectivity index (χ2n) is 3.93. The molecule has 0 heterocycles. The van der Waals surface area contributed by atoms with Crippen LogP contribution in [-0.4, -0.2) is 28.5 Å². The number of alkyl halides is 1. The summed E-state index contributed by atoms with van der Waals surface area (Å²) < 4.78 is 4.96. The molecule has 1 aromatic rings. The summed E-state index contributed by atoms with van der Waals surface area (Å²) in [5.41, 5.74) is 0.852. The van der Waals surface area contributed by atoms with E-state index in [1.54, 1.807) is 0 Å². The van der Waals surface area contributed by atoms with Crippen molar-refractivity contribution >= 4 is 28.0 Å². The molecule has 0 fully saturated rings. The van der Waals surface area contributed by atoms with Crippen molar-refractivity contribution < 1.29 is 19.4 Å². The van der Waals surface area contributed by atoms with Crippen LogP contribution in [0.1, 0.15) is 18.4 Å². The number of nitrogens with one attached hydrogen (secondary N) is 1. The summed E-state index contributed by atoms with van der Waals surface area (Å²) in [6.07, 6.45) is 0.308. The second kappa shape index (κ2) is 8.53. The predicted octanol–water partition coefficient (Wildman–Crippen LogP) is 2.54. The molecule has 0 radical (unpaired) electrons. The highest BCUT2D eigenvalue weighted by molar-refractivity contribution is 9.09. The summed E-state index contributed by atoms with van der Waals surface area (Å²) in [6, 6.07) is 8.28. The molecule has 0 spiro atoms. The van der Waals surface area contributed by atoms with Crippen LogP contribution in [0.15, 0.2) is 30.3 Å². The second-order valence-corrected chi connectivity index (χ2v) is 4.72. The Labute approximate surface area is 120 Å². The van der Waals surface area contributed by atoms with Crippen molar-refractivity contribution in [1.82, 2.24) is 5.32 Å². The highest BCUT2D eigenvalue weighted by Crippen LogP contribution is 2.03. The first-order valence-electron chi connectivity index (χ1n) is 5.89. The Morgan fingerprint density at radius 1 is 1.32 bits per heavy atom. The Morgan fingerprint density at radius 2 is 2.00 bits per heavy atom. The van der Waals surface area contributed by atoms with Crippen LogP contribution in [0.25, 0.3) is 0 Å². The topological polar surface area (TPSA) is 75.6 Å². The molecule has 5 nitrogen and oxygen atoms in total. The Hall–Kier alpha value is -1.56. The number of rotatable bonds is 7. The third kappa shape index (κ3) is 6.24. The number of aliphatic carboxylic acids is 1. The fourth-order valence-electron chi connectivity index (χ4n) is 1.45. The molecule has 1 rings (SSSR count). The van der Waals surface area contributed by atoms with Gasteiger partial charge >= 0.3 is 12.1 Å². The summed E-state index contributed by atoms with van der Waals surface area (Å²) in [5.74, 6) is -1.06. The van der Waals surface area contributed by atoms with Crippen LogP contribution >= 0.6 is 15.9 Å². The number of amides is 1. The zero-order valence-electron chi connectivity index (χ0n) is 10.3. The quantitative estimate of drug-likeness (QED) is 0.754. The number of alkyl carbamates (subject to hydrolysis) is 1. The number of carboxylic acid groups (broad SMARTS) is 1. The average Bonchev–Trinajstić information content (AvgIpc) is 2.42. The molecule has 1 unspecified atom stereocenters. The van der Waals surface area contributed by atoms with E-state index in [4.69, 9.17) is 9.84 Å². The van der Waals surface area contributed by atoms with E-state index in [2.05, 4.69) is 21.2 Å². The Kier molecular flexibility index (Phi) is 6.95. The molecule has 2 N–H and O–H groups in total. The van der Waals surface area contributed by atoms with Crippen LogP contribution in [0.5, 0.6) is 0 Å². The largest absolute Gasteiger partial charge is 0.480 e. The number of halogens is 1. The minimum Gasteiger partial charge on any atom is -0.480 e. The van der Waals surface area contributed by atoms with Gasteiger partial charge in [0.15, 0.2) is 0 Å². The van der Waals surface area contributed by atoms with Gasteiger partial charge in [0.2, 0.25) is 0 Å². The van der Waals surface area contributed by atoms with Crippen LogP contribution < -0.4 is 5.32 Å². The molecule has 0 bridgehead atoms. The van der Waals surface area contributed by atoms with E-state index in [1.807, 2.05) is 30.3 Å². The minimum atomic E-state index is -1.06. The lowest BCUT2D eigenvalue weighted by atomic mass is 10.2. The summed E-state index contributed by atoms with van der Waals surface area (Å²) in [7, 11) is 0. The van der Waals surface area contributed by atoms with Gasteiger partial charge in [0.1, 0.15) is 12.6 Å². The molecule has 0 saturated heterocycles. The maximum absolute atomic E-state index is 11.5. The van der Waals surface area contributed by atoms with Crippen molar-refractivity contribution in [3.63, 3.8) is 0 Å². The average molecular weight is 330 g/mol. The van der Waals surface area contributed by atoms with Crippen LogP contribution in [0.3, 0.4) is 0 Å².